The predicted octanol–water partition coefficient (Wildman–Crippen LogP) is 4.12. The molecule has 0 aliphatic carbocycles. The molecular formula is C23H30N4O3Si. The third-order valence-electron chi connectivity index (χ3n) is 5.47. The van der Waals surface area contributed by atoms with Crippen LogP contribution in [-0.4, -0.2) is 43.3 Å². The van der Waals surface area contributed by atoms with Gasteiger partial charge in [-0.2, -0.15) is 0 Å². The van der Waals surface area contributed by atoms with Gasteiger partial charge in [-0.25, -0.2) is 4.98 Å². The summed E-state index contributed by atoms with van der Waals surface area (Å²) in [6.45, 7) is 9.86. The van der Waals surface area contributed by atoms with E-state index in [1.807, 2.05) is 35.0 Å². The van der Waals surface area contributed by atoms with Gasteiger partial charge in [0.2, 0.25) is 0 Å². The van der Waals surface area contributed by atoms with Crippen molar-refractivity contribution in [1.29, 1.82) is 0 Å². The van der Waals surface area contributed by atoms with Crippen LogP contribution in [0.5, 0.6) is 0 Å². The number of ether oxygens (including phenoxy) is 2. The lowest BCUT2D eigenvalue weighted by atomic mass is 10.1. The SMILES string of the molecule is C[Si](C)(C)CCOCn1ccc2cc3c(nc21)COCCN3c1ccccc1C(N)=O. The van der Waals surface area contributed by atoms with Gasteiger partial charge in [-0.3, -0.25) is 4.79 Å². The first-order chi connectivity index (χ1) is 14.8. The number of para-hydroxylation sites is 1. The molecule has 0 radical (unpaired) electrons. The van der Waals surface area contributed by atoms with E-state index in [0.717, 1.165) is 40.8 Å². The van der Waals surface area contributed by atoms with Crippen molar-refractivity contribution in [1.82, 2.24) is 9.55 Å². The van der Waals surface area contributed by atoms with E-state index < -0.39 is 14.0 Å². The van der Waals surface area contributed by atoms with Crippen molar-refractivity contribution in [2.24, 2.45) is 5.73 Å². The standard InChI is InChI=1S/C23H30N4O3Si/c1-31(2,3)13-12-30-16-26-9-8-17-14-21-19(25-23(17)26)15-29-11-10-27(21)20-7-5-4-6-18(20)22(24)28/h4-9,14H,10-13,15-16H2,1-3H3,(H2,24,28). The molecular weight excluding hydrogens is 408 g/mol. The molecule has 1 amide bonds. The van der Waals surface area contributed by atoms with E-state index in [1.165, 1.54) is 0 Å². The van der Waals surface area contributed by atoms with Gasteiger partial charge in [0.15, 0.2) is 0 Å². The minimum atomic E-state index is -1.12. The first-order valence-corrected chi connectivity index (χ1v) is 14.3. The van der Waals surface area contributed by atoms with Gasteiger partial charge >= 0.3 is 0 Å². The molecule has 0 bridgehead atoms. The van der Waals surface area contributed by atoms with E-state index in [1.54, 1.807) is 6.07 Å². The van der Waals surface area contributed by atoms with Crippen LogP contribution in [0.4, 0.5) is 11.4 Å². The second kappa shape index (κ2) is 8.82. The molecule has 1 aliphatic heterocycles. The fourth-order valence-corrected chi connectivity index (χ4v) is 4.49. The van der Waals surface area contributed by atoms with Crippen molar-refractivity contribution in [2.45, 2.75) is 39.0 Å². The van der Waals surface area contributed by atoms with Gasteiger partial charge in [0.1, 0.15) is 12.4 Å². The Morgan fingerprint density at radius 1 is 1.23 bits per heavy atom. The minimum absolute atomic E-state index is 0.419. The lowest BCUT2D eigenvalue weighted by molar-refractivity contribution is 0.0897. The van der Waals surface area contributed by atoms with Crippen LogP contribution in [0.3, 0.4) is 0 Å². The molecule has 164 valence electrons. The number of anilines is 2. The van der Waals surface area contributed by atoms with E-state index in [9.17, 15) is 4.79 Å². The number of carbonyl (C=O) groups excluding carboxylic acids is 1. The van der Waals surface area contributed by atoms with E-state index in [2.05, 4.69) is 30.6 Å². The van der Waals surface area contributed by atoms with Crippen molar-refractivity contribution in [3.63, 3.8) is 0 Å². The number of nitrogens with two attached hydrogens (primary N) is 1. The summed E-state index contributed by atoms with van der Waals surface area (Å²) in [5.41, 5.74) is 9.55. The summed E-state index contributed by atoms with van der Waals surface area (Å²) in [6.07, 6.45) is 2.01. The maximum Gasteiger partial charge on any atom is 0.250 e. The summed E-state index contributed by atoms with van der Waals surface area (Å²) in [4.78, 5) is 19.0. The van der Waals surface area contributed by atoms with Crippen LogP contribution in [0.25, 0.3) is 11.0 Å². The highest BCUT2D eigenvalue weighted by molar-refractivity contribution is 6.76. The van der Waals surface area contributed by atoms with Crippen LogP contribution in [0.2, 0.25) is 25.7 Å². The summed E-state index contributed by atoms with van der Waals surface area (Å²) in [5, 5.41) is 1.02. The van der Waals surface area contributed by atoms with Gasteiger partial charge in [0.05, 0.1) is 35.8 Å². The van der Waals surface area contributed by atoms with Crippen molar-refractivity contribution < 1.29 is 14.3 Å². The normalized spacial score (nSPS) is 14.5. The Labute approximate surface area is 183 Å². The summed E-state index contributed by atoms with van der Waals surface area (Å²) in [6, 6.07) is 12.7. The summed E-state index contributed by atoms with van der Waals surface area (Å²) < 4.78 is 13.8. The van der Waals surface area contributed by atoms with Crippen molar-refractivity contribution in [2.75, 3.05) is 24.7 Å². The number of pyridine rings is 1. The fourth-order valence-electron chi connectivity index (χ4n) is 3.74. The van der Waals surface area contributed by atoms with Gasteiger partial charge in [0.25, 0.3) is 5.91 Å². The molecule has 7 nitrogen and oxygen atoms in total. The monoisotopic (exact) mass is 438 g/mol. The second-order valence-electron chi connectivity index (χ2n) is 9.09. The zero-order chi connectivity index (χ0) is 22.0. The quantitative estimate of drug-likeness (QED) is 0.443. The fraction of sp³-hybridized carbons (Fsp3) is 0.391. The Kier molecular flexibility index (Phi) is 6.13. The number of nitrogens with zero attached hydrogens (tertiary/aromatic N) is 3. The molecule has 3 heterocycles. The molecule has 8 heteroatoms. The Balaban J connectivity index is 1.66. The number of benzene rings is 1. The van der Waals surface area contributed by atoms with Gasteiger partial charge in [-0.05, 0) is 30.3 Å². The van der Waals surface area contributed by atoms with Gasteiger partial charge in [-0.1, -0.05) is 31.8 Å². The van der Waals surface area contributed by atoms with E-state index in [0.29, 0.717) is 32.1 Å². The third-order valence-corrected chi connectivity index (χ3v) is 7.17. The van der Waals surface area contributed by atoms with Gasteiger partial charge in [-0.15, -0.1) is 0 Å². The number of fused-ring (bicyclic) bond motifs is 2. The summed E-state index contributed by atoms with van der Waals surface area (Å²) >= 11 is 0. The zero-order valence-corrected chi connectivity index (χ0v) is 19.4. The van der Waals surface area contributed by atoms with E-state index >= 15 is 0 Å². The Morgan fingerprint density at radius 3 is 2.81 bits per heavy atom. The molecule has 2 N–H and O–H groups in total. The molecule has 31 heavy (non-hydrogen) atoms. The molecule has 2 aromatic heterocycles. The number of primary amides is 1. The lowest BCUT2D eigenvalue weighted by Crippen LogP contribution is -2.24. The Hall–Kier alpha value is -2.68. The first-order valence-electron chi connectivity index (χ1n) is 10.6. The highest BCUT2D eigenvalue weighted by Gasteiger charge is 2.23. The van der Waals surface area contributed by atoms with Gasteiger partial charge < -0.3 is 24.7 Å². The zero-order valence-electron chi connectivity index (χ0n) is 18.4. The number of carbonyl (C=O) groups is 1. The number of amides is 1. The number of hydrogen-bond acceptors (Lipinski definition) is 5. The average Bonchev–Trinajstić information content (AvgIpc) is 2.99. The number of hydrogen-bond donors (Lipinski definition) is 1. The lowest BCUT2D eigenvalue weighted by Gasteiger charge is -2.26. The highest BCUT2D eigenvalue weighted by atomic mass is 28.3. The molecule has 3 aromatic rings. The molecule has 1 aliphatic rings. The van der Waals surface area contributed by atoms with Crippen LogP contribution in [0, 0.1) is 0 Å². The topological polar surface area (TPSA) is 82.6 Å². The van der Waals surface area contributed by atoms with Crippen LogP contribution in [0.15, 0.2) is 42.6 Å². The summed E-state index contributed by atoms with van der Waals surface area (Å²) in [7, 11) is -1.12. The number of aromatic nitrogens is 2. The average molecular weight is 439 g/mol. The van der Waals surface area contributed by atoms with E-state index in [-0.39, 0.29) is 0 Å². The predicted molar refractivity (Wildman–Crippen MR) is 125 cm³/mol. The minimum Gasteiger partial charge on any atom is -0.373 e. The second-order valence-corrected chi connectivity index (χ2v) is 14.7. The van der Waals surface area contributed by atoms with Crippen LogP contribution < -0.4 is 10.6 Å². The van der Waals surface area contributed by atoms with Crippen LogP contribution >= 0.6 is 0 Å². The molecule has 4 rings (SSSR count). The molecule has 0 spiro atoms. The van der Waals surface area contributed by atoms with E-state index in [4.69, 9.17) is 20.2 Å². The Bertz CT molecular complexity index is 1090. The van der Waals surface area contributed by atoms with Crippen molar-refractivity contribution in [3.05, 3.63) is 53.9 Å². The molecule has 0 atom stereocenters. The maximum absolute atomic E-state index is 12.0. The van der Waals surface area contributed by atoms with Crippen molar-refractivity contribution >= 4 is 36.4 Å². The molecule has 0 saturated heterocycles. The van der Waals surface area contributed by atoms with Crippen LogP contribution in [0.1, 0.15) is 16.1 Å². The van der Waals surface area contributed by atoms with Crippen LogP contribution in [-0.2, 0) is 22.8 Å². The summed E-state index contributed by atoms with van der Waals surface area (Å²) in [5.74, 6) is -0.446. The highest BCUT2D eigenvalue weighted by Crippen LogP contribution is 2.34. The number of rotatable bonds is 7. The smallest absolute Gasteiger partial charge is 0.250 e. The van der Waals surface area contributed by atoms with Gasteiger partial charge in [0, 0.05) is 32.8 Å². The molecule has 0 fully saturated rings. The largest absolute Gasteiger partial charge is 0.373 e. The first kappa shape index (κ1) is 21.5. The molecule has 0 unspecified atom stereocenters. The van der Waals surface area contributed by atoms with Crippen molar-refractivity contribution in [3.8, 4) is 0 Å². The maximum atomic E-state index is 12.0. The molecule has 1 aromatic carbocycles. The Morgan fingerprint density at radius 2 is 2.03 bits per heavy atom. The third kappa shape index (κ3) is 4.81. The molecule has 0 saturated carbocycles.